The second-order valence-electron chi connectivity index (χ2n) is 2.47. The van der Waals surface area contributed by atoms with Gasteiger partial charge in [0.25, 0.3) is 0 Å². The number of thiophene rings is 1. The van der Waals surface area contributed by atoms with Crippen LogP contribution in [0.4, 0.5) is 0 Å². The Labute approximate surface area is 97.8 Å². The molecule has 0 saturated carbocycles. The van der Waals surface area contributed by atoms with Crippen LogP contribution in [0.5, 0.6) is 0 Å². The Morgan fingerprint density at radius 3 is 2.38 bits per heavy atom. The minimum Gasteiger partial charge on any atom is -1.00 e. The minimum atomic E-state index is 0. The van der Waals surface area contributed by atoms with E-state index in [9.17, 15) is 0 Å². The maximum Gasteiger partial charge on any atom is 1.00 e. The molecule has 0 spiro atoms. The van der Waals surface area contributed by atoms with Gasteiger partial charge in [-0.1, -0.05) is 36.4 Å². The number of hydrogen-bond acceptors (Lipinski definition) is 1. The zero-order chi connectivity index (χ0) is 8.23. The summed E-state index contributed by atoms with van der Waals surface area (Å²) in [6.45, 7) is 0. The Hall–Kier alpha value is -0.0526. The van der Waals surface area contributed by atoms with Gasteiger partial charge in [-0.05, 0) is 25.3 Å². The van der Waals surface area contributed by atoms with Gasteiger partial charge in [-0.3, -0.25) is 0 Å². The van der Waals surface area contributed by atoms with Gasteiger partial charge in [-0.25, -0.2) is 0 Å². The van der Waals surface area contributed by atoms with Gasteiger partial charge in [-0.2, -0.15) is 0 Å². The molecule has 0 aliphatic rings. The molecule has 1 atom stereocenters. The fraction of sp³-hybridized carbons (Fsp3) is 0. The van der Waals surface area contributed by atoms with Crippen LogP contribution in [0, 0.1) is 0 Å². The average Bonchev–Trinajstić information content (AvgIpc) is 2.59. The molecule has 0 bridgehead atoms. The van der Waals surface area contributed by atoms with E-state index in [1.807, 2.05) is 11.3 Å². The summed E-state index contributed by atoms with van der Waals surface area (Å²) < 4.78 is 1.46. The SMILES string of the molecule is [H-].[Li+].c1ccc(Pc2cccs2)cc1. The molecule has 2 rings (SSSR count). The molecule has 1 unspecified atom stereocenters. The fourth-order valence-electron chi connectivity index (χ4n) is 1.01. The first kappa shape index (κ1) is 11.0. The summed E-state index contributed by atoms with van der Waals surface area (Å²) in [5.74, 6) is 0. The Morgan fingerprint density at radius 1 is 1.00 bits per heavy atom. The van der Waals surface area contributed by atoms with Crippen molar-refractivity contribution < 1.29 is 20.3 Å². The number of rotatable bonds is 2. The molecule has 62 valence electrons. The van der Waals surface area contributed by atoms with Crippen LogP contribution in [0.3, 0.4) is 0 Å². The third-order valence-electron chi connectivity index (χ3n) is 1.56. The first-order valence-electron chi connectivity index (χ1n) is 3.81. The molecule has 1 aromatic carbocycles. The Morgan fingerprint density at radius 2 is 1.77 bits per heavy atom. The van der Waals surface area contributed by atoms with Crippen molar-refractivity contribution >= 4 is 29.8 Å². The van der Waals surface area contributed by atoms with E-state index in [0.29, 0.717) is 0 Å². The van der Waals surface area contributed by atoms with E-state index in [0.717, 1.165) is 8.58 Å². The van der Waals surface area contributed by atoms with Gasteiger partial charge in [0.05, 0.1) is 0 Å². The zero-order valence-electron chi connectivity index (χ0n) is 8.53. The summed E-state index contributed by atoms with van der Waals surface area (Å²) in [6.07, 6.45) is 0. The number of hydrogen-bond donors (Lipinski definition) is 0. The summed E-state index contributed by atoms with van der Waals surface area (Å²) in [4.78, 5) is 0. The molecule has 3 heteroatoms. The van der Waals surface area contributed by atoms with Crippen molar-refractivity contribution in [3.05, 3.63) is 47.8 Å². The Kier molecular flexibility index (Phi) is 4.77. The molecular weight excluding hydrogens is 190 g/mol. The predicted octanol–water partition coefficient (Wildman–Crippen LogP) is -0.506. The molecule has 0 saturated heterocycles. The van der Waals surface area contributed by atoms with Gasteiger partial charge in [-0.15, -0.1) is 11.3 Å². The molecule has 1 heterocycles. The van der Waals surface area contributed by atoms with Crippen LogP contribution in [0.2, 0.25) is 0 Å². The van der Waals surface area contributed by atoms with Crippen LogP contribution in [-0.2, 0) is 0 Å². The topological polar surface area (TPSA) is 0 Å². The van der Waals surface area contributed by atoms with Crippen molar-refractivity contribution in [3.63, 3.8) is 0 Å². The molecule has 0 aliphatic carbocycles. The van der Waals surface area contributed by atoms with Crippen LogP contribution >= 0.6 is 19.9 Å². The van der Waals surface area contributed by atoms with Crippen LogP contribution < -0.4 is 28.8 Å². The van der Waals surface area contributed by atoms with Gasteiger partial charge in [0.1, 0.15) is 0 Å². The molecule has 0 amide bonds. The molecule has 0 radical (unpaired) electrons. The van der Waals surface area contributed by atoms with Gasteiger partial charge in [0.15, 0.2) is 0 Å². The predicted molar refractivity (Wildman–Crippen MR) is 59.5 cm³/mol. The quantitative estimate of drug-likeness (QED) is 0.452. The molecule has 1 aromatic heterocycles. The van der Waals surface area contributed by atoms with E-state index in [1.54, 1.807) is 0 Å². The first-order valence-corrected chi connectivity index (χ1v) is 5.69. The van der Waals surface area contributed by atoms with Crippen molar-refractivity contribution in [3.8, 4) is 0 Å². The van der Waals surface area contributed by atoms with Crippen LogP contribution in [-0.4, -0.2) is 0 Å². The number of benzene rings is 1. The first-order chi connectivity index (χ1) is 5.95. The second-order valence-corrected chi connectivity index (χ2v) is 5.14. The minimum absolute atomic E-state index is 0. The maximum absolute atomic E-state index is 2.19. The van der Waals surface area contributed by atoms with E-state index in [-0.39, 0.29) is 20.3 Å². The molecule has 0 N–H and O–H groups in total. The smallest absolute Gasteiger partial charge is 1.00 e. The van der Waals surface area contributed by atoms with E-state index < -0.39 is 0 Å². The van der Waals surface area contributed by atoms with E-state index in [1.165, 1.54) is 9.92 Å². The summed E-state index contributed by atoms with van der Waals surface area (Å²) in [6, 6.07) is 14.9. The average molecular weight is 200 g/mol. The second kappa shape index (κ2) is 5.63. The summed E-state index contributed by atoms with van der Waals surface area (Å²) in [5.41, 5.74) is 0. The third-order valence-corrected chi connectivity index (χ3v) is 3.94. The van der Waals surface area contributed by atoms with Crippen molar-refractivity contribution in [1.82, 2.24) is 0 Å². The van der Waals surface area contributed by atoms with Gasteiger partial charge in [0, 0.05) is 4.62 Å². The van der Waals surface area contributed by atoms with Crippen LogP contribution in [0.1, 0.15) is 1.43 Å². The normalized spacial score (nSPS) is 10.2. The molecular formula is C10H10LiPS. The van der Waals surface area contributed by atoms with E-state index in [2.05, 4.69) is 47.8 Å². The summed E-state index contributed by atoms with van der Waals surface area (Å²) in [5, 5.41) is 3.55. The van der Waals surface area contributed by atoms with Crippen molar-refractivity contribution in [2.75, 3.05) is 0 Å². The van der Waals surface area contributed by atoms with E-state index in [4.69, 9.17) is 0 Å². The van der Waals surface area contributed by atoms with Crippen LogP contribution in [0.15, 0.2) is 47.8 Å². The molecule has 0 aliphatic heterocycles. The Balaban J connectivity index is 0.000000845. The third kappa shape index (κ3) is 3.29. The molecule has 13 heavy (non-hydrogen) atoms. The largest absolute Gasteiger partial charge is 1.00 e. The molecule has 2 aromatic rings. The zero-order valence-corrected chi connectivity index (χ0v) is 9.34. The maximum atomic E-state index is 2.19. The standard InChI is InChI=1S/C10H9PS.Li.H/c1-2-5-9(6-3-1)11-10-7-4-8-12-10;;/h1-8,11H;;/q;+1;-1. The Bertz CT molecular complexity index is 336. The van der Waals surface area contributed by atoms with Gasteiger partial charge in [0.2, 0.25) is 0 Å². The molecule has 0 fully saturated rings. The fourth-order valence-corrected chi connectivity index (χ4v) is 3.09. The van der Waals surface area contributed by atoms with E-state index >= 15 is 0 Å². The van der Waals surface area contributed by atoms with Crippen molar-refractivity contribution in [1.29, 1.82) is 0 Å². The van der Waals surface area contributed by atoms with Gasteiger partial charge < -0.3 is 1.43 Å². The van der Waals surface area contributed by atoms with Gasteiger partial charge >= 0.3 is 18.9 Å². The molecule has 0 nitrogen and oxygen atoms in total. The monoisotopic (exact) mass is 200 g/mol. The summed E-state index contributed by atoms with van der Waals surface area (Å²) >= 11 is 1.83. The van der Waals surface area contributed by atoms with Crippen molar-refractivity contribution in [2.24, 2.45) is 0 Å². The van der Waals surface area contributed by atoms with Crippen LogP contribution in [0.25, 0.3) is 0 Å². The summed E-state index contributed by atoms with van der Waals surface area (Å²) in [7, 11) is 0.820. The van der Waals surface area contributed by atoms with Crippen molar-refractivity contribution in [2.45, 2.75) is 0 Å².